The van der Waals surface area contributed by atoms with Crippen LogP contribution in [0.3, 0.4) is 0 Å². The Hall–Kier alpha value is -2.16. The Bertz CT molecular complexity index is 914. The SMILES string of the molecule is CCN1CCc2c(sc3c2C(=O)N[C@@H](c2ccc(Cl)c([N+](=O)[O-])c2)N3)C1. The third kappa shape index (κ3) is 2.84. The lowest BCUT2D eigenvalue weighted by Gasteiger charge is -2.28. The van der Waals surface area contributed by atoms with Crippen LogP contribution < -0.4 is 10.6 Å². The molecule has 4 rings (SSSR count). The second kappa shape index (κ2) is 6.53. The number of benzene rings is 1. The molecule has 2 N–H and O–H groups in total. The van der Waals surface area contributed by atoms with E-state index in [0.717, 1.165) is 42.2 Å². The van der Waals surface area contributed by atoms with Crippen molar-refractivity contribution < 1.29 is 9.72 Å². The molecule has 9 heteroatoms. The molecule has 0 radical (unpaired) electrons. The van der Waals surface area contributed by atoms with Gasteiger partial charge in [-0.15, -0.1) is 11.3 Å². The van der Waals surface area contributed by atoms with Gasteiger partial charge in [-0.2, -0.15) is 0 Å². The topological polar surface area (TPSA) is 87.5 Å². The van der Waals surface area contributed by atoms with E-state index in [4.69, 9.17) is 11.6 Å². The zero-order valence-electron chi connectivity index (χ0n) is 14.0. The zero-order chi connectivity index (χ0) is 18.4. The Balaban J connectivity index is 1.67. The summed E-state index contributed by atoms with van der Waals surface area (Å²) in [7, 11) is 0. The molecule has 0 bridgehead atoms. The summed E-state index contributed by atoms with van der Waals surface area (Å²) in [6, 6.07) is 4.57. The quantitative estimate of drug-likeness (QED) is 0.616. The van der Waals surface area contributed by atoms with E-state index in [1.54, 1.807) is 17.4 Å². The number of nitro groups is 1. The molecule has 1 amide bonds. The molecular formula is C17H17ClN4O3S. The number of nitrogens with one attached hydrogen (secondary N) is 2. The van der Waals surface area contributed by atoms with E-state index in [-0.39, 0.29) is 16.6 Å². The van der Waals surface area contributed by atoms with Crippen LogP contribution >= 0.6 is 22.9 Å². The number of nitrogens with zero attached hydrogens (tertiary/aromatic N) is 2. The van der Waals surface area contributed by atoms with Crippen LogP contribution in [0, 0.1) is 10.1 Å². The minimum Gasteiger partial charge on any atom is -0.353 e. The van der Waals surface area contributed by atoms with E-state index in [2.05, 4.69) is 22.5 Å². The Morgan fingerprint density at radius 2 is 2.23 bits per heavy atom. The molecule has 0 aliphatic carbocycles. The molecule has 1 aromatic heterocycles. The smallest absolute Gasteiger partial charge is 0.288 e. The third-order valence-electron chi connectivity index (χ3n) is 4.86. The van der Waals surface area contributed by atoms with Crippen molar-refractivity contribution in [3.05, 3.63) is 54.9 Å². The zero-order valence-corrected chi connectivity index (χ0v) is 15.6. The molecule has 1 aromatic carbocycles. The number of amides is 1. The van der Waals surface area contributed by atoms with Crippen LogP contribution in [0.2, 0.25) is 5.02 Å². The molecule has 0 saturated heterocycles. The molecule has 2 aliphatic rings. The average molecular weight is 393 g/mol. The molecule has 0 fully saturated rings. The molecule has 1 atom stereocenters. The summed E-state index contributed by atoms with van der Waals surface area (Å²) >= 11 is 7.48. The number of likely N-dealkylation sites (N-methyl/N-ethyl adjacent to an activating group) is 1. The highest BCUT2D eigenvalue weighted by molar-refractivity contribution is 7.16. The summed E-state index contributed by atoms with van der Waals surface area (Å²) in [5.41, 5.74) is 2.28. The van der Waals surface area contributed by atoms with Gasteiger partial charge in [-0.3, -0.25) is 19.8 Å². The van der Waals surface area contributed by atoms with Gasteiger partial charge in [0.25, 0.3) is 11.6 Å². The van der Waals surface area contributed by atoms with Crippen molar-refractivity contribution in [1.29, 1.82) is 0 Å². The first-order valence-corrected chi connectivity index (χ1v) is 9.55. The predicted octanol–water partition coefficient (Wildman–Crippen LogP) is 3.54. The maximum absolute atomic E-state index is 12.7. The molecule has 0 saturated carbocycles. The highest BCUT2D eigenvalue weighted by Crippen LogP contribution is 2.41. The van der Waals surface area contributed by atoms with Crippen molar-refractivity contribution in [2.24, 2.45) is 0 Å². The van der Waals surface area contributed by atoms with Crippen LogP contribution in [0.25, 0.3) is 0 Å². The van der Waals surface area contributed by atoms with Crippen LogP contribution in [0.15, 0.2) is 18.2 Å². The van der Waals surface area contributed by atoms with Crippen LogP contribution in [0.4, 0.5) is 10.7 Å². The second-order valence-electron chi connectivity index (χ2n) is 6.35. The third-order valence-corrected chi connectivity index (χ3v) is 6.33. The Morgan fingerprint density at radius 1 is 1.42 bits per heavy atom. The highest BCUT2D eigenvalue weighted by atomic mass is 35.5. The van der Waals surface area contributed by atoms with Gasteiger partial charge in [0.05, 0.1) is 10.5 Å². The van der Waals surface area contributed by atoms with Gasteiger partial charge in [0.1, 0.15) is 16.2 Å². The summed E-state index contributed by atoms with van der Waals surface area (Å²) in [6.07, 6.45) is 0.342. The number of hydrogen-bond acceptors (Lipinski definition) is 6. The second-order valence-corrected chi connectivity index (χ2v) is 7.86. The van der Waals surface area contributed by atoms with E-state index < -0.39 is 11.1 Å². The fraction of sp³-hybridized carbons (Fsp3) is 0.353. The van der Waals surface area contributed by atoms with E-state index >= 15 is 0 Å². The Kier molecular flexibility index (Phi) is 4.34. The Labute approximate surface area is 159 Å². The van der Waals surface area contributed by atoms with Crippen molar-refractivity contribution in [2.45, 2.75) is 26.1 Å². The van der Waals surface area contributed by atoms with Crippen molar-refractivity contribution in [2.75, 3.05) is 18.4 Å². The van der Waals surface area contributed by atoms with E-state index in [1.807, 2.05) is 0 Å². The number of carbonyl (C=O) groups is 1. The number of rotatable bonds is 3. The molecular weight excluding hydrogens is 376 g/mol. The van der Waals surface area contributed by atoms with Gasteiger partial charge in [-0.1, -0.05) is 24.6 Å². The van der Waals surface area contributed by atoms with E-state index in [0.29, 0.717) is 5.56 Å². The summed E-state index contributed by atoms with van der Waals surface area (Å²) in [4.78, 5) is 26.9. The fourth-order valence-electron chi connectivity index (χ4n) is 3.45. The number of anilines is 1. The van der Waals surface area contributed by atoms with Gasteiger partial charge < -0.3 is 10.6 Å². The van der Waals surface area contributed by atoms with Crippen molar-refractivity contribution >= 4 is 39.5 Å². The summed E-state index contributed by atoms with van der Waals surface area (Å²) in [5, 5.41) is 18.3. The fourth-order valence-corrected chi connectivity index (χ4v) is 4.96. The summed E-state index contributed by atoms with van der Waals surface area (Å²) in [5.74, 6) is -0.135. The van der Waals surface area contributed by atoms with Crippen LogP contribution in [0.1, 0.15) is 39.5 Å². The molecule has 136 valence electrons. The monoisotopic (exact) mass is 392 g/mol. The molecule has 26 heavy (non-hydrogen) atoms. The van der Waals surface area contributed by atoms with E-state index in [1.165, 1.54) is 17.0 Å². The van der Waals surface area contributed by atoms with Crippen molar-refractivity contribution in [3.63, 3.8) is 0 Å². The van der Waals surface area contributed by atoms with Crippen molar-refractivity contribution in [3.8, 4) is 0 Å². The molecule has 0 unspecified atom stereocenters. The van der Waals surface area contributed by atoms with Gasteiger partial charge in [0.2, 0.25) is 0 Å². The lowest BCUT2D eigenvalue weighted by atomic mass is 10.0. The molecule has 3 heterocycles. The maximum atomic E-state index is 12.7. The molecule has 2 aromatic rings. The van der Waals surface area contributed by atoms with Crippen LogP contribution in [0.5, 0.6) is 0 Å². The normalized spacial score (nSPS) is 19.3. The predicted molar refractivity (Wildman–Crippen MR) is 101 cm³/mol. The molecule has 2 aliphatic heterocycles. The van der Waals surface area contributed by atoms with Gasteiger partial charge >= 0.3 is 0 Å². The first-order chi connectivity index (χ1) is 12.5. The van der Waals surface area contributed by atoms with Crippen molar-refractivity contribution in [1.82, 2.24) is 10.2 Å². The number of thiophene rings is 1. The maximum Gasteiger partial charge on any atom is 0.288 e. The van der Waals surface area contributed by atoms with E-state index in [9.17, 15) is 14.9 Å². The summed E-state index contributed by atoms with van der Waals surface area (Å²) < 4.78 is 0. The lowest BCUT2D eigenvalue weighted by Crippen LogP contribution is -2.38. The van der Waals surface area contributed by atoms with Gasteiger partial charge in [-0.25, -0.2) is 0 Å². The number of carbonyl (C=O) groups excluding carboxylic acids is 1. The largest absolute Gasteiger partial charge is 0.353 e. The number of hydrogen-bond donors (Lipinski definition) is 2. The first kappa shape index (κ1) is 17.3. The number of nitro benzene ring substituents is 1. The van der Waals surface area contributed by atoms with Crippen LogP contribution in [-0.2, 0) is 13.0 Å². The first-order valence-electron chi connectivity index (χ1n) is 8.36. The summed E-state index contributed by atoms with van der Waals surface area (Å²) in [6.45, 7) is 4.92. The Morgan fingerprint density at radius 3 is 2.96 bits per heavy atom. The minimum absolute atomic E-state index is 0.0767. The van der Waals surface area contributed by atoms with Gasteiger partial charge in [0.15, 0.2) is 0 Å². The number of fused-ring (bicyclic) bond motifs is 3. The molecule has 7 nitrogen and oxygen atoms in total. The average Bonchev–Trinajstić information content (AvgIpc) is 2.99. The molecule has 0 spiro atoms. The van der Waals surface area contributed by atoms with Crippen LogP contribution in [-0.4, -0.2) is 28.8 Å². The van der Waals surface area contributed by atoms with Gasteiger partial charge in [-0.05, 0) is 24.6 Å². The minimum atomic E-state index is -0.523. The standard InChI is InChI=1S/C17H17ClN4O3S/c1-2-21-6-5-10-13(8-21)26-17-14(10)16(23)19-15(20-17)9-3-4-11(18)12(7-9)22(24)25/h3-4,7,15,20H,2,5-6,8H2,1H3,(H,19,23)/t15-/m1/s1. The number of halogens is 1. The van der Waals surface area contributed by atoms with Gasteiger partial charge in [0, 0.05) is 29.6 Å². The lowest BCUT2D eigenvalue weighted by molar-refractivity contribution is -0.384. The highest BCUT2D eigenvalue weighted by Gasteiger charge is 2.33.